The molecule has 1 N–H and O–H groups in total. The van der Waals surface area contributed by atoms with E-state index in [9.17, 15) is 0 Å². The van der Waals surface area contributed by atoms with E-state index in [0.29, 0.717) is 19.0 Å². The maximum absolute atomic E-state index is 5.39. The fraction of sp³-hybridized carbons (Fsp3) is 0.357. The van der Waals surface area contributed by atoms with Crippen molar-refractivity contribution in [2.45, 2.75) is 20.0 Å². The molecule has 0 aliphatic heterocycles. The summed E-state index contributed by atoms with van der Waals surface area (Å²) in [6.45, 7) is 3.14. The molecule has 1 aromatic carbocycles. The van der Waals surface area contributed by atoms with E-state index in [1.54, 1.807) is 20.4 Å². The highest BCUT2D eigenvalue weighted by Gasteiger charge is 2.06. The molecule has 0 atom stereocenters. The molecule has 19 heavy (non-hydrogen) atoms. The number of nitrogens with zero attached hydrogens (tertiary/aromatic N) is 1. The van der Waals surface area contributed by atoms with Crippen LogP contribution in [0.2, 0.25) is 0 Å². The van der Waals surface area contributed by atoms with E-state index in [1.165, 1.54) is 0 Å². The third kappa shape index (κ3) is 3.48. The van der Waals surface area contributed by atoms with Gasteiger partial charge < -0.3 is 19.2 Å². The summed E-state index contributed by atoms with van der Waals surface area (Å²) in [4.78, 5) is 4.14. The SMILES string of the molecule is COc1ccc(CNCc2ncc(C)o2)c(OC)c1. The van der Waals surface area contributed by atoms with E-state index in [4.69, 9.17) is 13.9 Å². The average molecular weight is 262 g/mol. The summed E-state index contributed by atoms with van der Waals surface area (Å²) in [6.07, 6.45) is 1.71. The van der Waals surface area contributed by atoms with Crippen molar-refractivity contribution < 1.29 is 13.9 Å². The number of ether oxygens (including phenoxy) is 2. The molecule has 0 amide bonds. The lowest BCUT2D eigenvalue weighted by Crippen LogP contribution is -2.13. The maximum Gasteiger partial charge on any atom is 0.208 e. The average Bonchev–Trinajstić information content (AvgIpc) is 2.84. The molecule has 0 saturated carbocycles. The Morgan fingerprint density at radius 2 is 2.05 bits per heavy atom. The predicted octanol–water partition coefficient (Wildman–Crippen LogP) is 2.29. The number of nitrogens with one attached hydrogen (secondary N) is 1. The van der Waals surface area contributed by atoms with Crippen LogP contribution in [-0.4, -0.2) is 19.2 Å². The van der Waals surface area contributed by atoms with Gasteiger partial charge in [0, 0.05) is 18.2 Å². The molecule has 1 heterocycles. The van der Waals surface area contributed by atoms with Crippen LogP contribution in [-0.2, 0) is 13.1 Å². The number of hydrogen-bond donors (Lipinski definition) is 1. The van der Waals surface area contributed by atoms with Crippen molar-refractivity contribution in [3.8, 4) is 11.5 Å². The monoisotopic (exact) mass is 262 g/mol. The van der Waals surface area contributed by atoms with Gasteiger partial charge in [-0.3, -0.25) is 0 Å². The van der Waals surface area contributed by atoms with Gasteiger partial charge in [-0.15, -0.1) is 0 Å². The molecule has 0 bridgehead atoms. The standard InChI is InChI=1S/C14H18N2O3/c1-10-7-16-14(19-10)9-15-8-11-4-5-12(17-2)6-13(11)18-3/h4-7,15H,8-9H2,1-3H3. The molecule has 2 rings (SSSR count). The van der Waals surface area contributed by atoms with Crippen molar-refractivity contribution >= 4 is 0 Å². The fourth-order valence-electron chi connectivity index (χ4n) is 1.79. The molecule has 2 aromatic rings. The summed E-state index contributed by atoms with van der Waals surface area (Å²) in [5.41, 5.74) is 1.06. The van der Waals surface area contributed by atoms with Crippen LogP contribution in [0.5, 0.6) is 11.5 Å². The predicted molar refractivity (Wildman–Crippen MR) is 71.3 cm³/mol. The second-order valence-corrected chi connectivity index (χ2v) is 4.15. The van der Waals surface area contributed by atoms with Crippen LogP contribution in [0.25, 0.3) is 0 Å². The lowest BCUT2D eigenvalue weighted by molar-refractivity contribution is 0.388. The Morgan fingerprint density at radius 3 is 2.68 bits per heavy atom. The summed E-state index contributed by atoms with van der Waals surface area (Å²) in [5, 5.41) is 3.27. The molecule has 0 fully saturated rings. The summed E-state index contributed by atoms with van der Waals surface area (Å²) in [5.74, 6) is 3.09. The molecule has 0 saturated heterocycles. The van der Waals surface area contributed by atoms with E-state index < -0.39 is 0 Å². The van der Waals surface area contributed by atoms with Crippen LogP contribution in [0, 0.1) is 6.92 Å². The minimum atomic E-state index is 0.586. The molecule has 0 aliphatic carbocycles. The number of methoxy groups -OCH3 is 2. The first-order chi connectivity index (χ1) is 9.22. The normalized spacial score (nSPS) is 10.5. The Morgan fingerprint density at radius 1 is 1.21 bits per heavy atom. The van der Waals surface area contributed by atoms with E-state index in [2.05, 4.69) is 10.3 Å². The summed E-state index contributed by atoms with van der Waals surface area (Å²) in [6, 6.07) is 5.76. The molecular weight excluding hydrogens is 244 g/mol. The van der Waals surface area contributed by atoms with Gasteiger partial charge in [-0.1, -0.05) is 6.07 Å². The Bertz CT molecular complexity index is 537. The number of benzene rings is 1. The molecular formula is C14H18N2O3. The largest absolute Gasteiger partial charge is 0.497 e. The highest BCUT2D eigenvalue weighted by atomic mass is 16.5. The zero-order valence-electron chi connectivity index (χ0n) is 11.4. The Kier molecular flexibility index (Phi) is 4.41. The lowest BCUT2D eigenvalue weighted by Gasteiger charge is -2.10. The second-order valence-electron chi connectivity index (χ2n) is 4.15. The Balaban J connectivity index is 1.95. The third-order valence-corrected chi connectivity index (χ3v) is 2.76. The van der Waals surface area contributed by atoms with Crippen LogP contribution in [0.3, 0.4) is 0 Å². The molecule has 102 valence electrons. The van der Waals surface area contributed by atoms with Crippen LogP contribution in [0.4, 0.5) is 0 Å². The number of oxazole rings is 1. The molecule has 5 heteroatoms. The van der Waals surface area contributed by atoms with Gasteiger partial charge in [0.2, 0.25) is 5.89 Å². The van der Waals surface area contributed by atoms with Gasteiger partial charge in [0.25, 0.3) is 0 Å². The Hall–Kier alpha value is -2.01. The first-order valence-corrected chi connectivity index (χ1v) is 6.06. The van der Waals surface area contributed by atoms with E-state index in [1.807, 2.05) is 25.1 Å². The number of aryl methyl sites for hydroxylation is 1. The van der Waals surface area contributed by atoms with Gasteiger partial charge in [0.15, 0.2) is 0 Å². The highest BCUT2D eigenvalue weighted by molar-refractivity contribution is 5.40. The van der Waals surface area contributed by atoms with Gasteiger partial charge in [-0.2, -0.15) is 0 Å². The second kappa shape index (κ2) is 6.24. The minimum Gasteiger partial charge on any atom is -0.497 e. The van der Waals surface area contributed by atoms with Crippen molar-refractivity contribution in [3.05, 3.63) is 41.6 Å². The van der Waals surface area contributed by atoms with Crippen molar-refractivity contribution in [3.63, 3.8) is 0 Å². The fourth-order valence-corrected chi connectivity index (χ4v) is 1.79. The molecule has 0 spiro atoms. The maximum atomic E-state index is 5.39. The lowest BCUT2D eigenvalue weighted by atomic mass is 10.2. The first kappa shape index (κ1) is 13.4. The summed E-state index contributed by atoms with van der Waals surface area (Å²) >= 11 is 0. The van der Waals surface area contributed by atoms with E-state index >= 15 is 0 Å². The minimum absolute atomic E-state index is 0.586. The zero-order chi connectivity index (χ0) is 13.7. The van der Waals surface area contributed by atoms with Gasteiger partial charge >= 0.3 is 0 Å². The smallest absolute Gasteiger partial charge is 0.208 e. The quantitative estimate of drug-likeness (QED) is 0.865. The van der Waals surface area contributed by atoms with E-state index in [0.717, 1.165) is 22.8 Å². The van der Waals surface area contributed by atoms with Crippen LogP contribution in [0.1, 0.15) is 17.2 Å². The third-order valence-electron chi connectivity index (χ3n) is 2.76. The zero-order valence-corrected chi connectivity index (χ0v) is 11.4. The van der Waals surface area contributed by atoms with Crippen molar-refractivity contribution in [1.82, 2.24) is 10.3 Å². The van der Waals surface area contributed by atoms with Gasteiger partial charge in [-0.25, -0.2) is 4.98 Å². The molecule has 5 nitrogen and oxygen atoms in total. The summed E-state index contributed by atoms with van der Waals surface area (Å²) < 4.78 is 15.9. The highest BCUT2D eigenvalue weighted by Crippen LogP contribution is 2.24. The summed E-state index contributed by atoms with van der Waals surface area (Å²) in [7, 11) is 3.29. The number of rotatable bonds is 6. The molecule has 0 unspecified atom stereocenters. The van der Waals surface area contributed by atoms with Crippen LogP contribution >= 0.6 is 0 Å². The van der Waals surface area contributed by atoms with Crippen molar-refractivity contribution in [2.24, 2.45) is 0 Å². The van der Waals surface area contributed by atoms with E-state index in [-0.39, 0.29) is 0 Å². The van der Waals surface area contributed by atoms with Crippen molar-refractivity contribution in [2.75, 3.05) is 14.2 Å². The van der Waals surface area contributed by atoms with Crippen LogP contribution in [0.15, 0.2) is 28.8 Å². The topological polar surface area (TPSA) is 56.5 Å². The molecule has 0 radical (unpaired) electrons. The van der Waals surface area contributed by atoms with Crippen LogP contribution < -0.4 is 14.8 Å². The number of hydrogen-bond acceptors (Lipinski definition) is 5. The van der Waals surface area contributed by atoms with Gasteiger partial charge in [0.1, 0.15) is 17.3 Å². The first-order valence-electron chi connectivity index (χ1n) is 6.06. The molecule has 1 aromatic heterocycles. The van der Waals surface area contributed by atoms with Gasteiger partial charge in [0.05, 0.1) is 27.0 Å². The Labute approximate surface area is 112 Å². The van der Waals surface area contributed by atoms with Crippen molar-refractivity contribution in [1.29, 1.82) is 0 Å². The number of aromatic nitrogens is 1. The van der Waals surface area contributed by atoms with Gasteiger partial charge in [-0.05, 0) is 13.0 Å². The molecule has 0 aliphatic rings.